The molecule has 0 radical (unpaired) electrons. The van der Waals surface area contributed by atoms with Crippen LogP contribution in [0.5, 0.6) is 0 Å². The second kappa shape index (κ2) is 10.8. The first-order chi connectivity index (χ1) is 16.4. The van der Waals surface area contributed by atoms with Crippen LogP contribution in [0.15, 0.2) is 48.5 Å². The third kappa shape index (κ3) is 5.81. The molecule has 34 heavy (non-hydrogen) atoms. The van der Waals surface area contributed by atoms with E-state index in [0.29, 0.717) is 37.2 Å². The molecule has 1 fully saturated rings. The number of aliphatic hydroxyl groups is 1. The molecule has 0 aromatic heterocycles. The molecule has 2 heterocycles. The highest BCUT2D eigenvalue weighted by molar-refractivity contribution is 5.97. The summed E-state index contributed by atoms with van der Waals surface area (Å²) in [6.07, 6.45) is 1.47. The number of fused-ring (bicyclic) bond motifs is 1. The highest BCUT2D eigenvalue weighted by Gasteiger charge is 2.25. The summed E-state index contributed by atoms with van der Waals surface area (Å²) < 4.78 is 0. The molecule has 2 atom stereocenters. The Morgan fingerprint density at radius 3 is 2.26 bits per heavy atom. The topological polar surface area (TPSA) is 111 Å². The van der Waals surface area contributed by atoms with E-state index in [1.54, 1.807) is 36.1 Å². The first-order valence-electron chi connectivity index (χ1n) is 11.8. The summed E-state index contributed by atoms with van der Waals surface area (Å²) >= 11 is 0. The van der Waals surface area contributed by atoms with E-state index >= 15 is 0 Å². The minimum atomic E-state index is -0.711. The molecule has 2 aliphatic heterocycles. The van der Waals surface area contributed by atoms with Crippen molar-refractivity contribution in [2.45, 2.75) is 50.9 Å². The van der Waals surface area contributed by atoms with Gasteiger partial charge in [-0.05, 0) is 54.7 Å². The van der Waals surface area contributed by atoms with Gasteiger partial charge in [-0.15, -0.1) is 0 Å². The molecule has 8 nitrogen and oxygen atoms in total. The Kier molecular flexibility index (Phi) is 7.59. The Bertz CT molecular complexity index is 1030. The van der Waals surface area contributed by atoms with Crippen LogP contribution in [0.2, 0.25) is 0 Å². The number of likely N-dealkylation sites (tertiary alicyclic amines) is 1. The highest BCUT2D eigenvalue weighted by Crippen LogP contribution is 2.18. The van der Waals surface area contributed by atoms with Gasteiger partial charge in [0, 0.05) is 56.3 Å². The predicted octanol–water partition coefficient (Wildman–Crippen LogP) is 1.23. The number of carbonyl (C=O) groups is 3. The van der Waals surface area contributed by atoms with Gasteiger partial charge in [-0.3, -0.25) is 14.4 Å². The lowest BCUT2D eigenvalue weighted by Crippen LogP contribution is -2.49. The number of piperidine rings is 1. The summed E-state index contributed by atoms with van der Waals surface area (Å²) in [6.45, 7) is 3.69. The normalized spacial score (nSPS) is 19.1. The molecule has 3 amide bonds. The van der Waals surface area contributed by atoms with Crippen molar-refractivity contribution < 1.29 is 19.5 Å². The monoisotopic (exact) mass is 464 g/mol. The van der Waals surface area contributed by atoms with Crippen LogP contribution in [0.25, 0.3) is 0 Å². The fraction of sp³-hybridized carbons (Fsp3) is 0.423. The van der Waals surface area contributed by atoms with Crippen molar-refractivity contribution in [2.24, 2.45) is 0 Å². The molecule has 0 bridgehead atoms. The lowest BCUT2D eigenvalue weighted by Gasteiger charge is -2.31. The van der Waals surface area contributed by atoms with E-state index in [9.17, 15) is 19.5 Å². The van der Waals surface area contributed by atoms with Gasteiger partial charge in [0.15, 0.2) is 0 Å². The van der Waals surface area contributed by atoms with E-state index in [1.165, 1.54) is 11.1 Å². The number of hydrogen-bond donors (Lipinski definition) is 4. The van der Waals surface area contributed by atoms with Gasteiger partial charge >= 0.3 is 0 Å². The van der Waals surface area contributed by atoms with Crippen LogP contribution in [0.4, 0.5) is 0 Å². The van der Waals surface area contributed by atoms with Crippen LogP contribution >= 0.6 is 0 Å². The summed E-state index contributed by atoms with van der Waals surface area (Å²) in [6, 6.07) is 14.6. The second-order valence-corrected chi connectivity index (χ2v) is 9.07. The smallest absolute Gasteiger partial charge is 0.251 e. The maximum Gasteiger partial charge on any atom is 0.251 e. The van der Waals surface area contributed by atoms with E-state index in [2.05, 4.69) is 28.1 Å². The van der Waals surface area contributed by atoms with Crippen molar-refractivity contribution in [2.75, 3.05) is 19.6 Å². The Morgan fingerprint density at radius 1 is 1.00 bits per heavy atom. The maximum atomic E-state index is 12.6. The van der Waals surface area contributed by atoms with Crippen LogP contribution in [0.1, 0.15) is 51.6 Å². The zero-order valence-electron chi connectivity index (χ0n) is 19.4. The number of benzene rings is 2. The maximum absolute atomic E-state index is 12.6. The molecule has 4 N–H and O–H groups in total. The molecule has 8 heteroatoms. The SMILES string of the molecule is CC(=O)N1CCC(NC(=O)c2ccc(C(=O)NC[C@@H](O)[C@@H]3Cc4ccccc4CN3)cc2)CC1. The van der Waals surface area contributed by atoms with Crippen LogP contribution in [-0.2, 0) is 17.8 Å². The number of nitrogens with one attached hydrogen (secondary N) is 3. The standard InChI is InChI=1S/C26H32N4O4/c1-17(31)30-12-10-22(11-13-30)29-26(34)19-8-6-18(7-9-19)25(33)28-16-24(32)23-14-20-4-2-3-5-21(20)15-27-23/h2-9,22-24,27,32H,10-16H2,1H3,(H,28,33)(H,29,34)/t23-,24+/m0/s1. The van der Waals surface area contributed by atoms with E-state index in [1.807, 2.05) is 12.1 Å². The van der Waals surface area contributed by atoms with Crippen molar-refractivity contribution >= 4 is 17.7 Å². The van der Waals surface area contributed by atoms with Crippen LogP contribution in [0, 0.1) is 0 Å². The summed E-state index contributed by atoms with van der Waals surface area (Å²) in [5.74, 6) is -0.419. The highest BCUT2D eigenvalue weighted by atomic mass is 16.3. The molecule has 4 rings (SSSR count). The zero-order chi connectivity index (χ0) is 24.1. The molecular weight excluding hydrogens is 432 g/mol. The second-order valence-electron chi connectivity index (χ2n) is 9.07. The summed E-state index contributed by atoms with van der Waals surface area (Å²) in [4.78, 5) is 38.3. The summed E-state index contributed by atoms with van der Waals surface area (Å²) in [7, 11) is 0. The predicted molar refractivity (Wildman–Crippen MR) is 128 cm³/mol. The quantitative estimate of drug-likeness (QED) is 0.514. The Balaban J connectivity index is 1.24. The van der Waals surface area contributed by atoms with E-state index in [-0.39, 0.29) is 36.3 Å². The number of hydrogen-bond acceptors (Lipinski definition) is 5. The fourth-order valence-corrected chi connectivity index (χ4v) is 4.57. The van der Waals surface area contributed by atoms with Crippen LogP contribution in [-0.4, -0.2) is 65.5 Å². The van der Waals surface area contributed by atoms with Gasteiger partial charge in [0.05, 0.1) is 6.10 Å². The number of amides is 3. The number of nitrogens with zero attached hydrogens (tertiary/aromatic N) is 1. The minimum absolute atomic E-state index is 0.0351. The minimum Gasteiger partial charge on any atom is -0.390 e. The van der Waals surface area contributed by atoms with Crippen LogP contribution in [0.3, 0.4) is 0 Å². The van der Waals surface area contributed by atoms with E-state index in [4.69, 9.17) is 0 Å². The van der Waals surface area contributed by atoms with Gasteiger partial charge < -0.3 is 26.0 Å². The van der Waals surface area contributed by atoms with Gasteiger partial charge in [0.25, 0.3) is 11.8 Å². The number of aliphatic hydroxyl groups excluding tert-OH is 1. The Morgan fingerprint density at radius 2 is 1.62 bits per heavy atom. The van der Waals surface area contributed by atoms with Crippen molar-refractivity contribution in [3.8, 4) is 0 Å². The number of carbonyl (C=O) groups excluding carboxylic acids is 3. The molecule has 1 saturated heterocycles. The molecule has 0 saturated carbocycles. The van der Waals surface area contributed by atoms with Crippen molar-refractivity contribution in [1.82, 2.24) is 20.9 Å². The van der Waals surface area contributed by atoms with Crippen molar-refractivity contribution in [1.29, 1.82) is 0 Å². The molecule has 0 unspecified atom stereocenters. The zero-order valence-corrected chi connectivity index (χ0v) is 19.4. The van der Waals surface area contributed by atoms with Gasteiger partial charge in [-0.25, -0.2) is 0 Å². The molecule has 2 aliphatic rings. The van der Waals surface area contributed by atoms with Gasteiger partial charge in [-0.1, -0.05) is 24.3 Å². The molecule has 0 spiro atoms. The summed E-state index contributed by atoms with van der Waals surface area (Å²) in [5.41, 5.74) is 3.37. The van der Waals surface area contributed by atoms with Crippen molar-refractivity contribution in [3.05, 3.63) is 70.8 Å². The van der Waals surface area contributed by atoms with Gasteiger partial charge in [0.1, 0.15) is 0 Å². The first kappa shape index (κ1) is 23.9. The third-order valence-corrected chi connectivity index (χ3v) is 6.73. The molecule has 180 valence electrons. The van der Waals surface area contributed by atoms with Crippen LogP contribution < -0.4 is 16.0 Å². The lowest BCUT2D eigenvalue weighted by atomic mass is 9.93. The van der Waals surface area contributed by atoms with Crippen molar-refractivity contribution in [3.63, 3.8) is 0 Å². The largest absolute Gasteiger partial charge is 0.390 e. The average molecular weight is 465 g/mol. The van der Waals surface area contributed by atoms with E-state index < -0.39 is 6.10 Å². The molecule has 2 aromatic rings. The third-order valence-electron chi connectivity index (χ3n) is 6.73. The fourth-order valence-electron chi connectivity index (χ4n) is 4.57. The number of rotatable bonds is 6. The average Bonchev–Trinajstić information content (AvgIpc) is 2.87. The first-order valence-corrected chi connectivity index (χ1v) is 11.8. The Hall–Kier alpha value is -3.23. The van der Waals surface area contributed by atoms with Gasteiger partial charge in [0.2, 0.25) is 5.91 Å². The molecular formula is C26H32N4O4. The van der Waals surface area contributed by atoms with E-state index in [0.717, 1.165) is 12.8 Å². The Labute approximate surface area is 199 Å². The lowest BCUT2D eigenvalue weighted by molar-refractivity contribution is -0.129. The molecule has 2 aromatic carbocycles. The van der Waals surface area contributed by atoms with Gasteiger partial charge in [-0.2, -0.15) is 0 Å². The summed E-state index contributed by atoms with van der Waals surface area (Å²) in [5, 5.41) is 19.7. The molecule has 0 aliphatic carbocycles.